The van der Waals surface area contributed by atoms with E-state index < -0.39 is 0 Å². The Hall–Kier alpha value is -2.17. The Labute approximate surface area is 92.8 Å². The van der Waals surface area contributed by atoms with Gasteiger partial charge in [0, 0.05) is 12.1 Å². The van der Waals surface area contributed by atoms with E-state index in [0.29, 0.717) is 23.1 Å². The summed E-state index contributed by atoms with van der Waals surface area (Å²) in [5, 5.41) is 3.63. The average Bonchev–Trinajstić information content (AvgIpc) is 2.74. The van der Waals surface area contributed by atoms with Crippen LogP contribution in [0, 0.1) is 0 Å². The van der Waals surface area contributed by atoms with E-state index in [0.717, 1.165) is 5.56 Å². The number of nitrogens with two attached hydrogens (primary N) is 1. The minimum atomic E-state index is 0.341. The molecule has 1 aromatic carbocycles. The summed E-state index contributed by atoms with van der Waals surface area (Å²) in [7, 11) is 3.18. The molecule has 0 radical (unpaired) electrons. The van der Waals surface area contributed by atoms with Gasteiger partial charge >= 0.3 is 0 Å². The van der Waals surface area contributed by atoms with Gasteiger partial charge in [-0.3, -0.25) is 0 Å². The fourth-order valence-corrected chi connectivity index (χ4v) is 1.42. The number of benzene rings is 1. The number of ether oxygens (including phenoxy) is 2. The summed E-state index contributed by atoms with van der Waals surface area (Å²) in [4.78, 5) is 0. The SMILES string of the molecule is COc1ccc(-c2cc(N)no2)c(OC)c1. The predicted octanol–water partition coefficient (Wildman–Crippen LogP) is 1.94. The van der Waals surface area contributed by atoms with Crippen LogP contribution in [0.2, 0.25) is 0 Å². The highest BCUT2D eigenvalue weighted by Gasteiger charge is 2.11. The Kier molecular flexibility index (Phi) is 2.68. The van der Waals surface area contributed by atoms with E-state index >= 15 is 0 Å². The molecule has 5 nitrogen and oxygen atoms in total. The van der Waals surface area contributed by atoms with Gasteiger partial charge in [0.25, 0.3) is 0 Å². The minimum Gasteiger partial charge on any atom is -0.497 e. The van der Waals surface area contributed by atoms with Crippen molar-refractivity contribution in [3.05, 3.63) is 24.3 Å². The van der Waals surface area contributed by atoms with E-state index in [4.69, 9.17) is 19.7 Å². The van der Waals surface area contributed by atoms with Crippen molar-refractivity contribution >= 4 is 5.82 Å². The molecule has 1 aromatic heterocycles. The van der Waals surface area contributed by atoms with Crippen molar-refractivity contribution in [3.8, 4) is 22.8 Å². The van der Waals surface area contributed by atoms with Gasteiger partial charge in [-0.15, -0.1) is 0 Å². The zero-order valence-corrected chi connectivity index (χ0v) is 9.06. The van der Waals surface area contributed by atoms with Gasteiger partial charge in [-0.05, 0) is 12.1 Å². The van der Waals surface area contributed by atoms with Gasteiger partial charge in [0.2, 0.25) is 0 Å². The third kappa shape index (κ3) is 1.79. The highest BCUT2D eigenvalue weighted by Crippen LogP contribution is 2.33. The zero-order valence-electron chi connectivity index (χ0n) is 9.06. The van der Waals surface area contributed by atoms with Gasteiger partial charge in [0.05, 0.1) is 19.8 Å². The van der Waals surface area contributed by atoms with E-state index in [9.17, 15) is 0 Å². The second-order valence-electron chi connectivity index (χ2n) is 3.18. The molecule has 5 heteroatoms. The summed E-state index contributed by atoms with van der Waals surface area (Å²) in [5.41, 5.74) is 6.28. The standard InChI is InChI=1S/C11H12N2O3/c1-14-7-3-4-8(9(5-7)15-2)10-6-11(12)13-16-10/h3-6H,1-2H3,(H2,12,13). The number of nitrogens with zero attached hydrogens (tertiary/aromatic N) is 1. The predicted molar refractivity (Wildman–Crippen MR) is 59.5 cm³/mol. The van der Waals surface area contributed by atoms with E-state index in [1.807, 2.05) is 12.1 Å². The van der Waals surface area contributed by atoms with E-state index in [1.54, 1.807) is 26.4 Å². The summed E-state index contributed by atoms with van der Waals surface area (Å²) < 4.78 is 15.4. The smallest absolute Gasteiger partial charge is 0.172 e. The Balaban J connectivity index is 2.48. The molecule has 0 fully saturated rings. The lowest BCUT2D eigenvalue weighted by atomic mass is 10.1. The Morgan fingerprint density at radius 3 is 2.56 bits per heavy atom. The lowest BCUT2D eigenvalue weighted by molar-refractivity contribution is 0.391. The largest absolute Gasteiger partial charge is 0.497 e. The van der Waals surface area contributed by atoms with Crippen LogP contribution in [0.15, 0.2) is 28.8 Å². The number of anilines is 1. The molecule has 2 rings (SSSR count). The maximum atomic E-state index is 5.49. The average molecular weight is 220 g/mol. The van der Waals surface area contributed by atoms with Crippen molar-refractivity contribution < 1.29 is 14.0 Å². The Bertz CT molecular complexity index is 494. The third-order valence-electron chi connectivity index (χ3n) is 2.20. The molecule has 84 valence electrons. The summed E-state index contributed by atoms with van der Waals surface area (Å²) in [5.74, 6) is 2.27. The Morgan fingerprint density at radius 1 is 1.19 bits per heavy atom. The maximum Gasteiger partial charge on any atom is 0.172 e. The van der Waals surface area contributed by atoms with Gasteiger partial charge < -0.3 is 19.7 Å². The Morgan fingerprint density at radius 2 is 2.00 bits per heavy atom. The zero-order chi connectivity index (χ0) is 11.5. The van der Waals surface area contributed by atoms with Crippen LogP contribution in [0.25, 0.3) is 11.3 Å². The molecule has 0 saturated carbocycles. The third-order valence-corrected chi connectivity index (χ3v) is 2.20. The molecule has 0 aliphatic rings. The van der Waals surface area contributed by atoms with Crippen LogP contribution >= 0.6 is 0 Å². The first-order valence-electron chi connectivity index (χ1n) is 4.69. The molecule has 0 atom stereocenters. The molecular weight excluding hydrogens is 208 g/mol. The summed E-state index contributed by atoms with van der Waals surface area (Å²) >= 11 is 0. The topological polar surface area (TPSA) is 70.5 Å². The van der Waals surface area contributed by atoms with Crippen LogP contribution in [0.3, 0.4) is 0 Å². The molecule has 0 bridgehead atoms. The maximum absolute atomic E-state index is 5.49. The molecule has 1 heterocycles. The van der Waals surface area contributed by atoms with E-state index in [2.05, 4.69) is 5.16 Å². The van der Waals surface area contributed by atoms with Crippen molar-refractivity contribution in [2.75, 3.05) is 20.0 Å². The number of methoxy groups -OCH3 is 2. The number of hydrogen-bond donors (Lipinski definition) is 1. The van der Waals surface area contributed by atoms with E-state index in [1.165, 1.54) is 0 Å². The van der Waals surface area contributed by atoms with E-state index in [-0.39, 0.29) is 0 Å². The van der Waals surface area contributed by atoms with Crippen molar-refractivity contribution in [3.63, 3.8) is 0 Å². The van der Waals surface area contributed by atoms with Crippen molar-refractivity contribution in [2.45, 2.75) is 0 Å². The van der Waals surface area contributed by atoms with Gasteiger partial charge in [-0.2, -0.15) is 0 Å². The minimum absolute atomic E-state index is 0.341. The molecular formula is C11H12N2O3. The summed E-state index contributed by atoms with van der Waals surface area (Å²) in [6, 6.07) is 7.06. The van der Waals surface area contributed by atoms with Crippen molar-refractivity contribution in [1.29, 1.82) is 0 Å². The first-order chi connectivity index (χ1) is 7.74. The summed E-state index contributed by atoms with van der Waals surface area (Å²) in [6.07, 6.45) is 0. The molecule has 0 unspecified atom stereocenters. The van der Waals surface area contributed by atoms with Crippen LogP contribution in [0.4, 0.5) is 5.82 Å². The number of rotatable bonds is 3. The molecule has 0 amide bonds. The summed E-state index contributed by atoms with van der Waals surface area (Å²) in [6.45, 7) is 0. The molecule has 0 aliphatic heterocycles. The van der Waals surface area contributed by atoms with Crippen LogP contribution in [-0.4, -0.2) is 19.4 Å². The quantitative estimate of drug-likeness (QED) is 0.855. The first-order valence-corrected chi connectivity index (χ1v) is 4.69. The lowest BCUT2D eigenvalue weighted by Gasteiger charge is -2.07. The van der Waals surface area contributed by atoms with Crippen molar-refractivity contribution in [1.82, 2.24) is 5.16 Å². The lowest BCUT2D eigenvalue weighted by Crippen LogP contribution is -1.89. The molecule has 0 aliphatic carbocycles. The van der Waals surface area contributed by atoms with Crippen LogP contribution in [-0.2, 0) is 0 Å². The van der Waals surface area contributed by atoms with Crippen LogP contribution in [0.5, 0.6) is 11.5 Å². The van der Waals surface area contributed by atoms with Crippen LogP contribution < -0.4 is 15.2 Å². The molecule has 2 aromatic rings. The molecule has 16 heavy (non-hydrogen) atoms. The van der Waals surface area contributed by atoms with Gasteiger partial charge in [0.1, 0.15) is 11.5 Å². The monoisotopic (exact) mass is 220 g/mol. The normalized spacial score (nSPS) is 10.1. The second kappa shape index (κ2) is 4.14. The first kappa shape index (κ1) is 10.4. The number of hydrogen-bond acceptors (Lipinski definition) is 5. The molecule has 0 spiro atoms. The molecule has 0 saturated heterocycles. The fraction of sp³-hybridized carbons (Fsp3) is 0.182. The second-order valence-corrected chi connectivity index (χ2v) is 3.18. The highest BCUT2D eigenvalue weighted by molar-refractivity contribution is 5.68. The van der Waals surface area contributed by atoms with Gasteiger partial charge in [-0.1, -0.05) is 5.16 Å². The molecule has 2 N–H and O–H groups in total. The highest BCUT2D eigenvalue weighted by atomic mass is 16.5. The number of aromatic nitrogens is 1. The number of nitrogen functional groups attached to an aromatic ring is 1. The fourth-order valence-electron chi connectivity index (χ4n) is 1.42. The van der Waals surface area contributed by atoms with Crippen LogP contribution in [0.1, 0.15) is 0 Å². The van der Waals surface area contributed by atoms with Crippen molar-refractivity contribution in [2.24, 2.45) is 0 Å². The van der Waals surface area contributed by atoms with Gasteiger partial charge in [-0.25, -0.2) is 0 Å². The van der Waals surface area contributed by atoms with Gasteiger partial charge in [0.15, 0.2) is 11.6 Å².